The number of benzene rings is 1. The summed E-state index contributed by atoms with van der Waals surface area (Å²) in [7, 11) is -3.44. The molecule has 0 bridgehead atoms. The van der Waals surface area contributed by atoms with Crippen LogP contribution in [0.2, 0.25) is 0 Å². The fourth-order valence-electron chi connectivity index (χ4n) is 2.19. The summed E-state index contributed by atoms with van der Waals surface area (Å²) in [4.78, 5) is 0. The molecule has 6 heteroatoms. The van der Waals surface area contributed by atoms with Gasteiger partial charge in [0.05, 0.1) is 12.2 Å². The fraction of sp³-hybridized carbons (Fsp3) is 0.538. The molecule has 2 atom stereocenters. The van der Waals surface area contributed by atoms with Crippen molar-refractivity contribution in [1.82, 2.24) is 9.03 Å². The maximum absolute atomic E-state index is 12.2. The molecule has 1 aliphatic heterocycles. The molecule has 1 N–H and O–H groups in total. The van der Waals surface area contributed by atoms with Crippen molar-refractivity contribution in [1.29, 1.82) is 0 Å². The summed E-state index contributed by atoms with van der Waals surface area (Å²) in [5.74, 6) is 0. The zero-order valence-electron chi connectivity index (χ0n) is 11.2. The third-order valence-corrected chi connectivity index (χ3v) is 4.51. The lowest BCUT2D eigenvalue weighted by Gasteiger charge is -2.34. The summed E-state index contributed by atoms with van der Waals surface area (Å²) in [6.07, 6.45) is -0.144. The van der Waals surface area contributed by atoms with Crippen molar-refractivity contribution in [3.05, 3.63) is 35.9 Å². The quantitative estimate of drug-likeness (QED) is 0.901. The smallest absolute Gasteiger partial charge is 0.279 e. The van der Waals surface area contributed by atoms with E-state index in [4.69, 9.17) is 4.74 Å². The van der Waals surface area contributed by atoms with Gasteiger partial charge in [0.2, 0.25) is 0 Å². The van der Waals surface area contributed by atoms with Gasteiger partial charge in [-0.3, -0.25) is 0 Å². The summed E-state index contributed by atoms with van der Waals surface area (Å²) in [6.45, 7) is 4.87. The minimum atomic E-state index is -3.44. The second-order valence-corrected chi connectivity index (χ2v) is 6.64. The fourth-order valence-corrected chi connectivity index (χ4v) is 3.53. The molecule has 0 radical (unpaired) electrons. The van der Waals surface area contributed by atoms with Crippen LogP contribution in [0.15, 0.2) is 30.3 Å². The highest BCUT2D eigenvalue weighted by molar-refractivity contribution is 7.87. The first kappa shape index (κ1) is 14.5. The van der Waals surface area contributed by atoms with Gasteiger partial charge in [-0.15, -0.1) is 0 Å². The lowest BCUT2D eigenvalue weighted by molar-refractivity contribution is -0.0444. The maximum atomic E-state index is 12.2. The van der Waals surface area contributed by atoms with E-state index in [2.05, 4.69) is 4.72 Å². The van der Waals surface area contributed by atoms with Crippen molar-refractivity contribution in [2.24, 2.45) is 0 Å². The van der Waals surface area contributed by atoms with Gasteiger partial charge in [0.1, 0.15) is 0 Å². The van der Waals surface area contributed by atoms with Crippen LogP contribution in [-0.4, -0.2) is 38.0 Å². The normalized spacial score (nSPS) is 25.4. The second kappa shape index (κ2) is 6.00. The van der Waals surface area contributed by atoms with E-state index in [9.17, 15) is 8.42 Å². The van der Waals surface area contributed by atoms with Crippen LogP contribution in [0.25, 0.3) is 0 Å². The van der Waals surface area contributed by atoms with E-state index < -0.39 is 10.2 Å². The van der Waals surface area contributed by atoms with Crippen LogP contribution >= 0.6 is 0 Å². The average Bonchev–Trinajstić information content (AvgIpc) is 2.37. The predicted molar refractivity (Wildman–Crippen MR) is 73.8 cm³/mol. The first-order valence-corrected chi connectivity index (χ1v) is 7.85. The van der Waals surface area contributed by atoms with E-state index in [1.165, 1.54) is 4.31 Å². The molecule has 0 amide bonds. The molecule has 2 unspecified atom stereocenters. The SMILES string of the molecule is CC1CN(S(=O)(=O)NCc2ccccc2)CC(C)O1. The van der Waals surface area contributed by atoms with Gasteiger partial charge in [0.15, 0.2) is 0 Å². The minimum Gasteiger partial charge on any atom is -0.373 e. The maximum Gasteiger partial charge on any atom is 0.279 e. The second-order valence-electron chi connectivity index (χ2n) is 4.89. The lowest BCUT2D eigenvalue weighted by Crippen LogP contribution is -2.51. The van der Waals surface area contributed by atoms with E-state index in [-0.39, 0.29) is 12.2 Å². The Morgan fingerprint density at radius 3 is 2.37 bits per heavy atom. The van der Waals surface area contributed by atoms with E-state index in [0.717, 1.165) is 5.56 Å². The Hall–Kier alpha value is -0.950. The topological polar surface area (TPSA) is 58.6 Å². The highest BCUT2D eigenvalue weighted by Crippen LogP contribution is 2.13. The van der Waals surface area contributed by atoms with Gasteiger partial charge in [-0.25, -0.2) is 0 Å². The molecule has 0 aliphatic carbocycles. The van der Waals surface area contributed by atoms with Gasteiger partial charge in [-0.1, -0.05) is 30.3 Å². The third kappa shape index (κ3) is 4.01. The third-order valence-electron chi connectivity index (χ3n) is 3.03. The van der Waals surface area contributed by atoms with E-state index in [1.807, 2.05) is 44.2 Å². The number of nitrogens with one attached hydrogen (secondary N) is 1. The molecule has 1 aromatic rings. The van der Waals surface area contributed by atoms with Crippen LogP contribution in [0, 0.1) is 0 Å². The number of rotatable bonds is 4. The standard InChI is InChI=1S/C13H20N2O3S/c1-11-9-15(10-12(2)18-11)19(16,17)14-8-13-6-4-3-5-7-13/h3-7,11-12,14H,8-10H2,1-2H3. The van der Waals surface area contributed by atoms with Crippen molar-refractivity contribution in [2.75, 3.05) is 13.1 Å². The van der Waals surface area contributed by atoms with Crippen LogP contribution in [0.4, 0.5) is 0 Å². The van der Waals surface area contributed by atoms with Crippen molar-refractivity contribution >= 4 is 10.2 Å². The summed E-state index contributed by atoms with van der Waals surface area (Å²) in [5.41, 5.74) is 0.945. The Morgan fingerprint density at radius 1 is 1.21 bits per heavy atom. The summed E-state index contributed by atoms with van der Waals surface area (Å²) in [5, 5.41) is 0. The first-order valence-electron chi connectivity index (χ1n) is 6.41. The number of morpholine rings is 1. The van der Waals surface area contributed by atoms with Crippen LogP contribution < -0.4 is 4.72 Å². The van der Waals surface area contributed by atoms with E-state index in [0.29, 0.717) is 19.6 Å². The van der Waals surface area contributed by atoms with Crippen LogP contribution in [0.5, 0.6) is 0 Å². The molecule has 1 aromatic carbocycles. The van der Waals surface area contributed by atoms with Crippen LogP contribution in [0.1, 0.15) is 19.4 Å². The van der Waals surface area contributed by atoms with Gasteiger partial charge in [-0.2, -0.15) is 17.4 Å². The monoisotopic (exact) mass is 284 g/mol. The molecular formula is C13H20N2O3S. The highest BCUT2D eigenvalue weighted by atomic mass is 32.2. The molecule has 0 spiro atoms. The van der Waals surface area contributed by atoms with Crippen molar-refractivity contribution < 1.29 is 13.2 Å². The molecule has 106 valence electrons. The Morgan fingerprint density at radius 2 is 1.79 bits per heavy atom. The summed E-state index contributed by atoms with van der Waals surface area (Å²) < 4.78 is 34.0. The van der Waals surface area contributed by atoms with E-state index in [1.54, 1.807) is 0 Å². The van der Waals surface area contributed by atoms with Gasteiger partial charge >= 0.3 is 0 Å². The van der Waals surface area contributed by atoms with Crippen LogP contribution in [0.3, 0.4) is 0 Å². The van der Waals surface area contributed by atoms with Gasteiger partial charge in [0.25, 0.3) is 10.2 Å². The Labute approximate surface area is 114 Å². The largest absolute Gasteiger partial charge is 0.373 e. The Balaban J connectivity index is 1.98. The summed E-state index contributed by atoms with van der Waals surface area (Å²) >= 11 is 0. The molecule has 0 saturated carbocycles. The zero-order valence-corrected chi connectivity index (χ0v) is 12.1. The van der Waals surface area contributed by atoms with Gasteiger partial charge < -0.3 is 4.74 Å². The Kier molecular flexibility index (Phi) is 4.57. The van der Waals surface area contributed by atoms with Crippen molar-refractivity contribution in [2.45, 2.75) is 32.6 Å². The van der Waals surface area contributed by atoms with Crippen molar-refractivity contribution in [3.63, 3.8) is 0 Å². The molecule has 1 fully saturated rings. The molecule has 19 heavy (non-hydrogen) atoms. The molecule has 5 nitrogen and oxygen atoms in total. The number of hydrogen-bond acceptors (Lipinski definition) is 3. The average molecular weight is 284 g/mol. The first-order chi connectivity index (χ1) is 8.97. The molecule has 1 saturated heterocycles. The molecule has 2 rings (SSSR count). The number of ether oxygens (including phenoxy) is 1. The molecular weight excluding hydrogens is 264 g/mol. The zero-order chi connectivity index (χ0) is 13.9. The van der Waals surface area contributed by atoms with Crippen molar-refractivity contribution in [3.8, 4) is 0 Å². The van der Waals surface area contributed by atoms with Gasteiger partial charge in [-0.05, 0) is 19.4 Å². The minimum absolute atomic E-state index is 0.0722. The van der Waals surface area contributed by atoms with Crippen LogP contribution in [-0.2, 0) is 21.5 Å². The molecule has 1 heterocycles. The number of hydrogen-bond donors (Lipinski definition) is 1. The predicted octanol–water partition coefficient (Wildman–Crippen LogP) is 1.13. The number of nitrogens with zero attached hydrogens (tertiary/aromatic N) is 1. The summed E-state index contributed by atoms with van der Waals surface area (Å²) in [6, 6.07) is 9.48. The Bertz CT molecular complexity index is 494. The highest BCUT2D eigenvalue weighted by Gasteiger charge is 2.30. The lowest BCUT2D eigenvalue weighted by atomic mass is 10.2. The molecule has 0 aromatic heterocycles. The molecule has 1 aliphatic rings. The van der Waals surface area contributed by atoms with Gasteiger partial charge in [0, 0.05) is 19.6 Å². The van der Waals surface area contributed by atoms with E-state index >= 15 is 0 Å².